The molecule has 0 radical (unpaired) electrons. The van der Waals surface area contributed by atoms with Crippen molar-refractivity contribution in [1.29, 1.82) is 0 Å². The molecule has 0 amide bonds. The van der Waals surface area contributed by atoms with E-state index in [4.69, 9.17) is 0 Å². The highest BCUT2D eigenvalue weighted by atomic mass is 16.4. The number of carboxylic acids is 2. The number of rotatable bonds is 15. The summed E-state index contributed by atoms with van der Waals surface area (Å²) in [4.78, 5) is 24.3. The van der Waals surface area contributed by atoms with Crippen molar-refractivity contribution >= 4 is 11.9 Å². The predicted molar refractivity (Wildman–Crippen MR) is 123 cm³/mol. The fraction of sp³-hybridized carbons (Fsp3) is 0.692. The first-order valence-corrected chi connectivity index (χ1v) is 11.8. The smallest absolute Gasteiger partial charge is 0.310 e. The largest absolute Gasteiger partial charge is 0.481 e. The molecule has 4 nitrogen and oxygen atoms in total. The molecule has 1 aromatic rings. The summed E-state index contributed by atoms with van der Waals surface area (Å²) in [6, 6.07) is 5.88. The Morgan fingerprint density at radius 3 is 1.70 bits per heavy atom. The normalized spacial score (nSPS) is 13.6. The minimum atomic E-state index is -0.854. The van der Waals surface area contributed by atoms with Crippen LogP contribution in [-0.2, 0) is 16.0 Å². The molecule has 0 aromatic heterocycles. The van der Waals surface area contributed by atoms with Crippen LogP contribution in [-0.4, -0.2) is 22.2 Å². The van der Waals surface area contributed by atoms with Gasteiger partial charge in [0.05, 0.1) is 11.8 Å². The number of carboxylic acid groups (broad SMARTS) is 2. The van der Waals surface area contributed by atoms with Crippen molar-refractivity contribution in [2.75, 3.05) is 0 Å². The standard InChI is InChI=1S/C26H42O4/c1-6-7-12-20-15-16-21(22(25(27)28)13-8-10-18(2)3)24(17-20)23(26(29)30)14-9-11-19(4)5/h15-19,22-23H,6-14H2,1-5H3,(H,27,28)(H,29,30). The molecule has 0 aliphatic carbocycles. The summed E-state index contributed by atoms with van der Waals surface area (Å²) in [6.07, 6.45) is 7.72. The Balaban J connectivity index is 3.29. The van der Waals surface area contributed by atoms with Gasteiger partial charge in [0.2, 0.25) is 0 Å². The van der Waals surface area contributed by atoms with E-state index in [-0.39, 0.29) is 0 Å². The minimum absolute atomic E-state index is 0.526. The molecule has 0 aliphatic heterocycles. The highest BCUT2D eigenvalue weighted by molar-refractivity contribution is 5.80. The lowest BCUT2D eigenvalue weighted by molar-refractivity contribution is -0.140. The van der Waals surface area contributed by atoms with Crippen molar-refractivity contribution in [2.24, 2.45) is 11.8 Å². The highest BCUT2D eigenvalue weighted by Crippen LogP contribution is 2.35. The van der Waals surface area contributed by atoms with Gasteiger partial charge in [-0.1, -0.05) is 84.9 Å². The number of hydrogen-bond donors (Lipinski definition) is 2. The first-order chi connectivity index (χ1) is 14.2. The van der Waals surface area contributed by atoms with Crippen LogP contribution >= 0.6 is 0 Å². The van der Waals surface area contributed by atoms with E-state index in [1.165, 1.54) is 0 Å². The van der Waals surface area contributed by atoms with E-state index in [1.54, 1.807) is 0 Å². The molecule has 2 unspecified atom stereocenters. The first-order valence-electron chi connectivity index (χ1n) is 11.8. The van der Waals surface area contributed by atoms with Crippen LogP contribution in [0.5, 0.6) is 0 Å². The molecule has 1 rings (SSSR count). The van der Waals surface area contributed by atoms with Gasteiger partial charge in [0, 0.05) is 0 Å². The number of unbranched alkanes of at least 4 members (excludes halogenated alkanes) is 1. The third-order valence-electron chi connectivity index (χ3n) is 5.87. The first kappa shape index (κ1) is 26.2. The van der Waals surface area contributed by atoms with Gasteiger partial charge in [0.25, 0.3) is 0 Å². The van der Waals surface area contributed by atoms with Crippen LogP contribution in [0.2, 0.25) is 0 Å². The average Bonchev–Trinajstić information content (AvgIpc) is 2.66. The Bertz CT molecular complexity index is 663. The van der Waals surface area contributed by atoms with E-state index >= 15 is 0 Å². The second kappa shape index (κ2) is 13.5. The molecule has 0 saturated carbocycles. The fourth-order valence-corrected chi connectivity index (χ4v) is 4.06. The average molecular weight is 419 g/mol. The summed E-state index contributed by atoms with van der Waals surface area (Å²) < 4.78 is 0. The Hall–Kier alpha value is -1.84. The molecular weight excluding hydrogens is 376 g/mol. The third kappa shape index (κ3) is 8.89. The molecule has 2 N–H and O–H groups in total. The van der Waals surface area contributed by atoms with E-state index in [0.717, 1.165) is 56.1 Å². The van der Waals surface area contributed by atoms with Crippen molar-refractivity contribution in [1.82, 2.24) is 0 Å². The highest BCUT2D eigenvalue weighted by Gasteiger charge is 2.29. The van der Waals surface area contributed by atoms with Crippen molar-refractivity contribution < 1.29 is 19.8 Å². The summed E-state index contributed by atoms with van der Waals surface area (Å²) >= 11 is 0. The number of carbonyl (C=O) groups is 2. The molecule has 0 fully saturated rings. The molecule has 0 bridgehead atoms. The maximum atomic E-state index is 12.2. The molecule has 2 atom stereocenters. The predicted octanol–water partition coefficient (Wildman–Crippen LogP) is 7.02. The van der Waals surface area contributed by atoms with Gasteiger partial charge in [-0.2, -0.15) is 0 Å². The van der Waals surface area contributed by atoms with Crippen molar-refractivity contribution in [2.45, 2.75) is 104 Å². The van der Waals surface area contributed by atoms with Crippen LogP contribution in [0.1, 0.15) is 115 Å². The molecule has 0 saturated heterocycles. The molecule has 170 valence electrons. The van der Waals surface area contributed by atoms with Gasteiger partial charge in [0.15, 0.2) is 0 Å². The van der Waals surface area contributed by atoms with Crippen LogP contribution in [0.15, 0.2) is 18.2 Å². The summed E-state index contributed by atoms with van der Waals surface area (Å²) in [5.41, 5.74) is 2.53. The Morgan fingerprint density at radius 2 is 1.27 bits per heavy atom. The van der Waals surface area contributed by atoms with E-state index < -0.39 is 23.8 Å². The van der Waals surface area contributed by atoms with Crippen molar-refractivity contribution in [3.8, 4) is 0 Å². The Labute approximate surface area is 183 Å². The summed E-state index contributed by atoms with van der Waals surface area (Å²) in [7, 11) is 0. The number of aryl methyl sites for hydroxylation is 1. The van der Waals surface area contributed by atoms with Crippen molar-refractivity contribution in [3.63, 3.8) is 0 Å². The lowest BCUT2D eigenvalue weighted by atomic mass is 9.81. The van der Waals surface area contributed by atoms with Gasteiger partial charge in [-0.15, -0.1) is 0 Å². The quantitative estimate of drug-likeness (QED) is 0.321. The zero-order chi connectivity index (χ0) is 22.7. The SMILES string of the molecule is CCCCc1ccc(C(CCCC(C)C)C(=O)O)c(C(CCCC(C)C)C(=O)O)c1. The van der Waals surface area contributed by atoms with Gasteiger partial charge < -0.3 is 10.2 Å². The van der Waals surface area contributed by atoms with Gasteiger partial charge in [-0.25, -0.2) is 0 Å². The van der Waals surface area contributed by atoms with Crippen LogP contribution in [0, 0.1) is 11.8 Å². The molecular formula is C26H42O4. The van der Waals surface area contributed by atoms with Crippen LogP contribution in [0.3, 0.4) is 0 Å². The third-order valence-corrected chi connectivity index (χ3v) is 5.87. The van der Waals surface area contributed by atoms with Crippen LogP contribution in [0.4, 0.5) is 0 Å². The van der Waals surface area contributed by atoms with Crippen molar-refractivity contribution in [3.05, 3.63) is 34.9 Å². The number of benzene rings is 1. The van der Waals surface area contributed by atoms with Gasteiger partial charge >= 0.3 is 11.9 Å². The zero-order valence-electron chi connectivity index (χ0n) is 19.6. The van der Waals surface area contributed by atoms with E-state index in [1.807, 2.05) is 18.2 Å². The Morgan fingerprint density at radius 1 is 0.767 bits per heavy atom. The van der Waals surface area contributed by atoms with E-state index in [0.29, 0.717) is 30.2 Å². The summed E-state index contributed by atoms with van der Waals surface area (Å²) in [5.74, 6) is -1.94. The molecule has 4 heteroatoms. The number of hydrogen-bond acceptors (Lipinski definition) is 2. The lowest BCUT2D eigenvalue weighted by Gasteiger charge is -2.23. The zero-order valence-corrected chi connectivity index (χ0v) is 19.6. The second-order valence-electron chi connectivity index (χ2n) is 9.50. The molecule has 30 heavy (non-hydrogen) atoms. The maximum absolute atomic E-state index is 12.2. The fourth-order valence-electron chi connectivity index (χ4n) is 4.06. The monoisotopic (exact) mass is 418 g/mol. The Kier molecular flexibility index (Phi) is 11.8. The minimum Gasteiger partial charge on any atom is -0.481 e. The van der Waals surface area contributed by atoms with Crippen LogP contribution in [0.25, 0.3) is 0 Å². The number of aliphatic carboxylic acids is 2. The van der Waals surface area contributed by atoms with Gasteiger partial charge in [0.1, 0.15) is 0 Å². The lowest BCUT2D eigenvalue weighted by Crippen LogP contribution is -2.19. The molecule has 0 spiro atoms. The van der Waals surface area contributed by atoms with Gasteiger partial charge in [-0.05, 0) is 54.2 Å². The molecule has 0 aliphatic rings. The van der Waals surface area contributed by atoms with Crippen LogP contribution < -0.4 is 0 Å². The second-order valence-corrected chi connectivity index (χ2v) is 9.50. The van der Waals surface area contributed by atoms with E-state index in [2.05, 4.69) is 34.6 Å². The maximum Gasteiger partial charge on any atom is 0.310 e. The van der Waals surface area contributed by atoms with E-state index in [9.17, 15) is 19.8 Å². The topological polar surface area (TPSA) is 74.6 Å². The molecule has 1 aromatic carbocycles. The summed E-state index contributed by atoms with van der Waals surface area (Å²) in [6.45, 7) is 10.7. The molecule has 0 heterocycles. The van der Waals surface area contributed by atoms with Gasteiger partial charge in [-0.3, -0.25) is 9.59 Å². The summed E-state index contributed by atoms with van der Waals surface area (Å²) in [5, 5.41) is 20.0.